The van der Waals surface area contributed by atoms with Crippen molar-refractivity contribution in [2.45, 2.75) is 37.9 Å². The van der Waals surface area contributed by atoms with Gasteiger partial charge in [0.2, 0.25) is 5.91 Å². The lowest BCUT2D eigenvalue weighted by atomic mass is 9.76. The molecule has 2 N–H and O–H groups in total. The van der Waals surface area contributed by atoms with Crippen LogP contribution < -0.4 is 5.73 Å². The molecule has 5 nitrogen and oxygen atoms in total. The van der Waals surface area contributed by atoms with Crippen LogP contribution in [0.4, 0.5) is 0 Å². The van der Waals surface area contributed by atoms with Gasteiger partial charge in [0.25, 0.3) is 0 Å². The molecule has 0 bridgehead atoms. The van der Waals surface area contributed by atoms with Crippen molar-refractivity contribution in [3.05, 3.63) is 48.3 Å². The minimum Gasteiger partial charge on any atom is -0.467 e. The lowest BCUT2D eigenvalue weighted by Gasteiger charge is -2.40. The summed E-state index contributed by atoms with van der Waals surface area (Å²) >= 11 is 0. The summed E-state index contributed by atoms with van der Waals surface area (Å²) in [5.74, 6) is 1.46. The van der Waals surface area contributed by atoms with Crippen LogP contribution in [0.5, 0.6) is 0 Å². The third-order valence-corrected chi connectivity index (χ3v) is 3.81. The molecule has 0 aromatic carbocycles. The van der Waals surface area contributed by atoms with Gasteiger partial charge in [0.05, 0.1) is 31.2 Å². The first-order valence-electron chi connectivity index (χ1n) is 6.80. The Morgan fingerprint density at radius 3 is 2.05 bits per heavy atom. The van der Waals surface area contributed by atoms with Crippen molar-refractivity contribution in [2.24, 2.45) is 5.73 Å². The monoisotopic (exact) mass is 274 g/mol. The van der Waals surface area contributed by atoms with Gasteiger partial charge in [-0.15, -0.1) is 0 Å². The average molecular weight is 274 g/mol. The first kappa shape index (κ1) is 13.0. The molecule has 0 spiro atoms. The molecule has 0 radical (unpaired) electrons. The Kier molecular flexibility index (Phi) is 3.36. The van der Waals surface area contributed by atoms with Crippen molar-refractivity contribution in [1.82, 2.24) is 4.90 Å². The second kappa shape index (κ2) is 5.17. The van der Waals surface area contributed by atoms with Crippen LogP contribution in [0.1, 0.15) is 30.8 Å². The van der Waals surface area contributed by atoms with Crippen molar-refractivity contribution in [3.63, 3.8) is 0 Å². The smallest absolute Gasteiger partial charge is 0.243 e. The summed E-state index contributed by atoms with van der Waals surface area (Å²) in [6.07, 6.45) is 5.72. The number of furan rings is 2. The highest BCUT2D eigenvalue weighted by Crippen LogP contribution is 2.32. The van der Waals surface area contributed by atoms with E-state index < -0.39 is 5.54 Å². The third kappa shape index (κ3) is 2.49. The van der Waals surface area contributed by atoms with Gasteiger partial charge in [-0.3, -0.25) is 4.79 Å². The lowest BCUT2D eigenvalue weighted by molar-refractivity contribution is -0.142. The van der Waals surface area contributed by atoms with Crippen molar-refractivity contribution in [3.8, 4) is 0 Å². The predicted octanol–water partition coefficient (Wildman–Crippen LogP) is 2.28. The fraction of sp³-hybridized carbons (Fsp3) is 0.400. The summed E-state index contributed by atoms with van der Waals surface area (Å²) in [5, 5.41) is 0. The van der Waals surface area contributed by atoms with Gasteiger partial charge >= 0.3 is 0 Å². The molecule has 106 valence electrons. The van der Waals surface area contributed by atoms with E-state index in [1.807, 2.05) is 24.3 Å². The van der Waals surface area contributed by atoms with Crippen molar-refractivity contribution in [2.75, 3.05) is 0 Å². The van der Waals surface area contributed by atoms with Crippen LogP contribution >= 0.6 is 0 Å². The molecule has 1 amide bonds. The molecule has 2 heterocycles. The van der Waals surface area contributed by atoms with Gasteiger partial charge in [-0.25, -0.2) is 0 Å². The van der Waals surface area contributed by atoms with Crippen LogP contribution in [0.25, 0.3) is 0 Å². The van der Waals surface area contributed by atoms with Gasteiger partial charge < -0.3 is 19.5 Å². The highest BCUT2D eigenvalue weighted by atomic mass is 16.3. The molecule has 3 rings (SSSR count). The third-order valence-electron chi connectivity index (χ3n) is 3.81. The van der Waals surface area contributed by atoms with E-state index in [1.54, 1.807) is 17.4 Å². The number of rotatable bonds is 5. The molecule has 20 heavy (non-hydrogen) atoms. The van der Waals surface area contributed by atoms with E-state index in [0.29, 0.717) is 13.1 Å². The second-order valence-electron chi connectivity index (χ2n) is 5.33. The summed E-state index contributed by atoms with van der Waals surface area (Å²) in [7, 11) is 0. The Morgan fingerprint density at radius 1 is 1.15 bits per heavy atom. The maximum atomic E-state index is 12.6. The Hall–Kier alpha value is -2.01. The van der Waals surface area contributed by atoms with Gasteiger partial charge in [-0.05, 0) is 43.5 Å². The molecule has 1 aliphatic carbocycles. The zero-order valence-corrected chi connectivity index (χ0v) is 11.2. The number of carbonyl (C=O) groups excluding carboxylic acids is 1. The van der Waals surface area contributed by atoms with E-state index in [2.05, 4.69) is 0 Å². The maximum absolute atomic E-state index is 12.6. The number of carbonyl (C=O) groups is 1. The van der Waals surface area contributed by atoms with Gasteiger partial charge in [0.1, 0.15) is 11.5 Å². The molecular formula is C15H18N2O3. The van der Waals surface area contributed by atoms with Crippen molar-refractivity contribution < 1.29 is 13.6 Å². The fourth-order valence-corrected chi connectivity index (χ4v) is 2.47. The Labute approximate surface area is 117 Å². The molecule has 5 heteroatoms. The van der Waals surface area contributed by atoms with Gasteiger partial charge in [0.15, 0.2) is 0 Å². The zero-order chi connectivity index (χ0) is 14.0. The number of nitrogens with zero attached hydrogens (tertiary/aromatic N) is 1. The molecule has 1 fully saturated rings. The first-order valence-corrected chi connectivity index (χ1v) is 6.80. The SMILES string of the molecule is NC1(C(=O)N(Cc2ccco2)Cc2ccco2)CCC1. The summed E-state index contributed by atoms with van der Waals surface area (Å²) < 4.78 is 10.7. The van der Waals surface area contributed by atoms with E-state index in [0.717, 1.165) is 30.8 Å². The Morgan fingerprint density at radius 2 is 1.70 bits per heavy atom. The standard InChI is InChI=1S/C15H18N2O3/c16-15(6-3-7-15)14(18)17(10-12-4-1-8-19-12)11-13-5-2-9-20-13/h1-2,4-5,8-9H,3,6-7,10-11,16H2. The van der Waals surface area contributed by atoms with E-state index >= 15 is 0 Å². The summed E-state index contributed by atoms with van der Waals surface area (Å²) in [4.78, 5) is 14.3. The summed E-state index contributed by atoms with van der Waals surface area (Å²) in [5.41, 5.74) is 5.44. The quantitative estimate of drug-likeness (QED) is 0.907. The maximum Gasteiger partial charge on any atom is 0.243 e. The molecule has 0 saturated heterocycles. The molecule has 0 aliphatic heterocycles. The van der Waals surface area contributed by atoms with Crippen LogP contribution in [-0.4, -0.2) is 16.3 Å². The van der Waals surface area contributed by atoms with Crippen molar-refractivity contribution in [1.29, 1.82) is 0 Å². The molecule has 0 unspecified atom stereocenters. The summed E-state index contributed by atoms with van der Waals surface area (Å²) in [6, 6.07) is 7.33. The zero-order valence-electron chi connectivity index (χ0n) is 11.2. The van der Waals surface area contributed by atoms with Gasteiger partial charge in [0, 0.05) is 0 Å². The molecule has 2 aromatic rings. The fourth-order valence-electron chi connectivity index (χ4n) is 2.47. The van der Waals surface area contributed by atoms with Gasteiger partial charge in [-0.1, -0.05) is 0 Å². The average Bonchev–Trinajstić information content (AvgIpc) is 3.07. The Bertz CT molecular complexity index is 520. The number of hydrogen-bond acceptors (Lipinski definition) is 4. The largest absolute Gasteiger partial charge is 0.467 e. The second-order valence-corrected chi connectivity index (χ2v) is 5.33. The van der Waals surface area contributed by atoms with Crippen LogP contribution in [0, 0.1) is 0 Å². The lowest BCUT2D eigenvalue weighted by Crippen LogP contribution is -2.59. The van der Waals surface area contributed by atoms with Gasteiger partial charge in [-0.2, -0.15) is 0 Å². The minimum atomic E-state index is -0.709. The number of nitrogens with two attached hydrogens (primary N) is 1. The van der Waals surface area contributed by atoms with E-state index in [4.69, 9.17) is 14.6 Å². The Balaban J connectivity index is 1.77. The van der Waals surface area contributed by atoms with Crippen molar-refractivity contribution >= 4 is 5.91 Å². The topological polar surface area (TPSA) is 72.6 Å². The minimum absolute atomic E-state index is 0.0310. The van der Waals surface area contributed by atoms with Crippen LogP contribution in [0.15, 0.2) is 45.6 Å². The van der Waals surface area contributed by atoms with E-state index in [1.165, 1.54) is 0 Å². The molecule has 2 aromatic heterocycles. The van der Waals surface area contributed by atoms with E-state index in [-0.39, 0.29) is 5.91 Å². The number of hydrogen-bond donors (Lipinski definition) is 1. The molecule has 1 saturated carbocycles. The highest BCUT2D eigenvalue weighted by Gasteiger charge is 2.43. The predicted molar refractivity (Wildman–Crippen MR) is 72.4 cm³/mol. The summed E-state index contributed by atoms with van der Waals surface area (Å²) in [6.45, 7) is 0.816. The molecule has 0 atom stereocenters. The highest BCUT2D eigenvalue weighted by molar-refractivity contribution is 5.87. The van der Waals surface area contributed by atoms with E-state index in [9.17, 15) is 4.79 Å². The molecular weight excluding hydrogens is 256 g/mol. The van der Waals surface area contributed by atoms with Crippen LogP contribution in [0.3, 0.4) is 0 Å². The first-order chi connectivity index (χ1) is 9.67. The molecule has 1 aliphatic rings. The van der Waals surface area contributed by atoms with Crippen LogP contribution in [-0.2, 0) is 17.9 Å². The number of amides is 1. The van der Waals surface area contributed by atoms with Crippen LogP contribution in [0.2, 0.25) is 0 Å². The normalized spacial score (nSPS) is 16.6.